The second kappa shape index (κ2) is 19.0. The second-order valence-corrected chi connectivity index (χ2v) is 10.0. The first kappa shape index (κ1) is 39.2. The summed E-state index contributed by atoms with van der Waals surface area (Å²) in [4.78, 5) is 70.7. The van der Waals surface area contributed by atoms with Gasteiger partial charge in [0.05, 0.1) is 0 Å². The van der Waals surface area contributed by atoms with Crippen molar-refractivity contribution in [2.45, 2.75) is 26.2 Å². The Balaban J connectivity index is 0.000000340. The van der Waals surface area contributed by atoms with Crippen molar-refractivity contribution in [1.82, 2.24) is 34.6 Å². The molecule has 0 radical (unpaired) electrons. The molecule has 0 spiro atoms. The van der Waals surface area contributed by atoms with E-state index < -0.39 is 36.2 Å². The van der Waals surface area contributed by atoms with Crippen LogP contribution < -0.4 is 14.7 Å². The van der Waals surface area contributed by atoms with Gasteiger partial charge in [0.25, 0.3) is 0 Å². The summed E-state index contributed by atoms with van der Waals surface area (Å²) in [7, 11) is 12.4. The summed E-state index contributed by atoms with van der Waals surface area (Å²) >= 11 is 0. The van der Waals surface area contributed by atoms with Gasteiger partial charge in [-0.15, -0.1) is 0 Å². The summed E-state index contributed by atoms with van der Waals surface area (Å²) in [6.07, 6.45) is -1.69. The Morgan fingerprint density at radius 3 is 1.17 bits per heavy atom. The van der Waals surface area contributed by atoms with E-state index in [-0.39, 0.29) is 47.1 Å². The number of hydrogen-bond acceptors (Lipinski definition) is 17. The van der Waals surface area contributed by atoms with Gasteiger partial charge in [0.1, 0.15) is 47.1 Å². The molecule has 1 aromatic heterocycles. The summed E-state index contributed by atoms with van der Waals surface area (Å²) in [5.74, 6) is 0.0555. The summed E-state index contributed by atoms with van der Waals surface area (Å²) in [6.45, 7) is 3.77. The van der Waals surface area contributed by atoms with Crippen molar-refractivity contribution in [3.63, 3.8) is 0 Å². The molecular weight excluding hydrogens is 628 g/mol. The zero-order valence-corrected chi connectivity index (χ0v) is 28.6. The fraction of sp³-hybridized carbons (Fsp3) is 0.731. The third kappa shape index (κ3) is 9.31. The van der Waals surface area contributed by atoms with Gasteiger partial charge in [-0.3, -0.25) is 29.2 Å². The van der Waals surface area contributed by atoms with Crippen molar-refractivity contribution in [3.05, 3.63) is 0 Å². The lowest BCUT2D eigenvalue weighted by Gasteiger charge is -2.27. The molecule has 0 N–H and O–H groups in total. The Hall–Kier alpha value is -3.99. The van der Waals surface area contributed by atoms with Crippen molar-refractivity contribution in [1.29, 1.82) is 0 Å². The molecule has 0 saturated carbocycles. The van der Waals surface area contributed by atoms with Gasteiger partial charge in [-0.05, 0) is 0 Å². The summed E-state index contributed by atoms with van der Waals surface area (Å²) in [5.41, 5.74) is 0. The van der Waals surface area contributed by atoms with Gasteiger partial charge in [0.2, 0.25) is 29.7 Å². The van der Waals surface area contributed by atoms with Gasteiger partial charge in [0.15, 0.2) is 12.3 Å². The Bertz CT molecular complexity index is 1100. The molecular formula is C26H46N10O11. The zero-order chi connectivity index (χ0) is 35.3. The minimum atomic E-state index is -0.954. The number of methoxy groups -OCH3 is 7. The molecule has 3 rings (SSSR count). The molecule has 0 bridgehead atoms. The molecule has 2 saturated heterocycles. The molecule has 21 nitrogen and oxygen atoms in total. The molecule has 0 aliphatic carbocycles. The Labute approximate surface area is 273 Å². The van der Waals surface area contributed by atoms with Gasteiger partial charge < -0.3 is 38.1 Å². The molecule has 1 aromatic rings. The van der Waals surface area contributed by atoms with E-state index in [1.165, 1.54) is 37.8 Å². The van der Waals surface area contributed by atoms with Crippen LogP contribution in [0.25, 0.3) is 0 Å². The van der Waals surface area contributed by atoms with Crippen LogP contribution in [0, 0.1) is 0 Å². The van der Waals surface area contributed by atoms with Crippen LogP contribution in [0.1, 0.15) is 13.8 Å². The molecule has 2 fully saturated rings. The number of urea groups is 2. The quantitative estimate of drug-likeness (QED) is 0.189. The van der Waals surface area contributed by atoms with E-state index >= 15 is 0 Å². The van der Waals surface area contributed by atoms with Gasteiger partial charge in [-0.2, -0.15) is 15.0 Å². The fourth-order valence-electron chi connectivity index (χ4n) is 4.79. The highest BCUT2D eigenvalue weighted by Crippen LogP contribution is 2.34. The molecule has 2 aliphatic heterocycles. The van der Waals surface area contributed by atoms with Crippen LogP contribution in [0.15, 0.2) is 0 Å². The highest BCUT2D eigenvalue weighted by molar-refractivity contribution is 6.02. The lowest BCUT2D eigenvalue weighted by atomic mass is 10.3. The maximum absolute atomic E-state index is 12.2. The molecule has 47 heavy (non-hydrogen) atoms. The van der Waals surface area contributed by atoms with Crippen LogP contribution >= 0.6 is 0 Å². The zero-order valence-electron chi connectivity index (χ0n) is 28.6. The Morgan fingerprint density at radius 1 is 0.574 bits per heavy atom. The number of carbonyl (C=O) groups excluding carboxylic acids is 4. The summed E-state index contributed by atoms with van der Waals surface area (Å²) < 4.78 is 36.3. The van der Waals surface area contributed by atoms with E-state index in [0.29, 0.717) is 17.8 Å². The van der Waals surface area contributed by atoms with E-state index in [4.69, 9.17) is 33.2 Å². The molecule has 266 valence electrons. The molecule has 3 heterocycles. The smallest absolute Gasteiger partial charge is 0.332 e. The number of aromatic nitrogens is 3. The topological polar surface area (TPSA) is 194 Å². The average molecular weight is 675 g/mol. The van der Waals surface area contributed by atoms with E-state index in [0.717, 1.165) is 9.80 Å². The fourth-order valence-corrected chi connectivity index (χ4v) is 4.79. The number of hydrogen-bond donors (Lipinski definition) is 0. The Kier molecular flexibility index (Phi) is 15.8. The highest BCUT2D eigenvalue weighted by atomic mass is 16.5. The summed E-state index contributed by atoms with van der Waals surface area (Å²) in [6, 6.07) is -1.13. The van der Waals surface area contributed by atoms with Crippen LogP contribution in [-0.4, -0.2) is 175 Å². The first-order valence-corrected chi connectivity index (χ1v) is 14.1. The molecule has 21 heteroatoms. The number of fused-ring (bicyclic) bond motifs is 1. The number of nitrogens with zero attached hydrogens (tertiary/aromatic N) is 10. The van der Waals surface area contributed by atoms with Crippen LogP contribution in [0.4, 0.5) is 27.4 Å². The third-order valence-corrected chi connectivity index (χ3v) is 6.58. The number of anilines is 3. The Morgan fingerprint density at radius 2 is 0.894 bits per heavy atom. The molecule has 2 aliphatic rings. The minimum absolute atomic E-state index is 0.0762. The van der Waals surface area contributed by atoms with Crippen molar-refractivity contribution >= 4 is 41.7 Å². The SMILES string of the molecule is COCN(COC)c1nc(N(COC)COC)nc(N(COC)COC)n1.COCN1C(=O)N(C(C)=O)C2C1N(C)C(=O)N2C(C)=O. The lowest BCUT2D eigenvalue weighted by molar-refractivity contribution is -0.134. The van der Waals surface area contributed by atoms with E-state index in [2.05, 4.69) is 15.0 Å². The van der Waals surface area contributed by atoms with Gasteiger partial charge in [0, 0.05) is 70.7 Å². The van der Waals surface area contributed by atoms with Crippen molar-refractivity contribution < 1.29 is 52.3 Å². The number of imide groups is 2. The number of likely N-dealkylation sites (N-methyl/N-ethyl adjacent to an activating group) is 1. The van der Waals surface area contributed by atoms with Gasteiger partial charge in [-0.25, -0.2) is 19.4 Å². The van der Waals surface area contributed by atoms with Crippen LogP contribution in [0.2, 0.25) is 0 Å². The molecule has 2 unspecified atom stereocenters. The number of carbonyl (C=O) groups is 4. The lowest BCUT2D eigenvalue weighted by Crippen LogP contribution is -2.50. The van der Waals surface area contributed by atoms with Crippen LogP contribution in [-0.2, 0) is 42.7 Å². The van der Waals surface area contributed by atoms with Gasteiger partial charge >= 0.3 is 12.1 Å². The maximum atomic E-state index is 12.2. The number of ether oxygens (including phenoxy) is 7. The van der Waals surface area contributed by atoms with Crippen molar-refractivity contribution in [2.75, 3.05) is 119 Å². The van der Waals surface area contributed by atoms with Crippen LogP contribution in [0.3, 0.4) is 0 Å². The average Bonchev–Trinajstić information content (AvgIpc) is 3.45. The molecule has 2 atom stereocenters. The monoisotopic (exact) mass is 674 g/mol. The first-order valence-electron chi connectivity index (χ1n) is 14.1. The van der Waals surface area contributed by atoms with Crippen LogP contribution in [0.5, 0.6) is 0 Å². The molecule has 6 amide bonds. The maximum Gasteiger partial charge on any atom is 0.332 e. The predicted octanol–water partition coefficient (Wildman–Crippen LogP) is -0.645. The van der Waals surface area contributed by atoms with Crippen molar-refractivity contribution in [3.8, 4) is 0 Å². The van der Waals surface area contributed by atoms with E-state index in [1.54, 1.807) is 57.4 Å². The predicted molar refractivity (Wildman–Crippen MR) is 163 cm³/mol. The molecule has 0 aromatic carbocycles. The van der Waals surface area contributed by atoms with E-state index in [1.807, 2.05) is 0 Å². The normalized spacial score (nSPS) is 17.1. The third-order valence-electron chi connectivity index (χ3n) is 6.58. The summed E-state index contributed by atoms with van der Waals surface area (Å²) in [5, 5.41) is 0. The second-order valence-electron chi connectivity index (χ2n) is 10.0. The van der Waals surface area contributed by atoms with Crippen molar-refractivity contribution in [2.24, 2.45) is 0 Å². The standard InChI is InChI=1S/C15H30N6O6.C11H16N4O5/c1-22-7-19(8-23-2)13-16-14(20(9-24-3)10-25-4)18-15(17-13)21(11-26-5)12-27-6;1-6(16)14-9-8(12(3)10(14)18)13(5-20-4)11(19)15(9)7(2)17/h7-12H2,1-6H3;8-9H,5H2,1-4H3. The largest absolute Gasteiger partial charge is 0.364 e. The number of amides is 6. The van der Waals surface area contributed by atoms with E-state index in [9.17, 15) is 19.2 Å². The van der Waals surface area contributed by atoms with Gasteiger partial charge in [-0.1, -0.05) is 0 Å². The first-order chi connectivity index (χ1) is 22.5. The minimum Gasteiger partial charge on any atom is -0.364 e. The highest BCUT2D eigenvalue weighted by Gasteiger charge is 2.60. The number of rotatable bonds is 17.